The predicted octanol–water partition coefficient (Wildman–Crippen LogP) is 2.11. The number of likely N-dealkylation sites (tertiary alicyclic amines) is 1. The molecule has 3 rings (SSSR count). The Bertz CT molecular complexity index is 609. The average Bonchev–Trinajstić information content (AvgIpc) is 3.11. The second-order valence-electron chi connectivity index (χ2n) is 6.91. The van der Waals surface area contributed by atoms with Gasteiger partial charge in [-0.3, -0.25) is 9.59 Å². The van der Waals surface area contributed by atoms with E-state index in [0.717, 1.165) is 43.7 Å². The van der Waals surface area contributed by atoms with Crippen molar-refractivity contribution < 1.29 is 14.3 Å². The molecule has 2 aliphatic heterocycles. The zero-order valence-corrected chi connectivity index (χ0v) is 15.0. The van der Waals surface area contributed by atoms with Gasteiger partial charge in [0.25, 0.3) is 0 Å². The standard InChI is InChI=1S/C19H27N3O3/c1-14(23)21-10-7-15(8-11-21)19(24)20-16-3-5-17(6-4-16)22-12-9-18(13-22)25-2/h3-6,15,18H,7-13H2,1-2H3,(H,20,24). The summed E-state index contributed by atoms with van der Waals surface area (Å²) in [4.78, 5) is 27.9. The van der Waals surface area contributed by atoms with Crippen LogP contribution in [0.25, 0.3) is 0 Å². The van der Waals surface area contributed by atoms with Crippen LogP contribution in [-0.2, 0) is 14.3 Å². The Morgan fingerprint density at radius 1 is 1.08 bits per heavy atom. The lowest BCUT2D eigenvalue weighted by Gasteiger charge is -2.30. The molecule has 2 aliphatic rings. The van der Waals surface area contributed by atoms with Crippen molar-refractivity contribution in [1.82, 2.24) is 4.90 Å². The van der Waals surface area contributed by atoms with Crippen LogP contribution in [0.15, 0.2) is 24.3 Å². The van der Waals surface area contributed by atoms with Crippen molar-refractivity contribution in [3.05, 3.63) is 24.3 Å². The monoisotopic (exact) mass is 345 g/mol. The SMILES string of the molecule is COC1CCN(c2ccc(NC(=O)C3CCN(C(C)=O)CC3)cc2)C1. The van der Waals surface area contributed by atoms with Crippen LogP contribution < -0.4 is 10.2 Å². The molecule has 1 aromatic carbocycles. The molecule has 2 fully saturated rings. The minimum atomic E-state index is -0.0173. The number of ether oxygens (including phenoxy) is 1. The molecule has 2 saturated heterocycles. The maximum atomic E-state index is 12.4. The molecule has 25 heavy (non-hydrogen) atoms. The van der Waals surface area contributed by atoms with E-state index in [0.29, 0.717) is 19.2 Å². The number of nitrogens with zero attached hydrogens (tertiary/aromatic N) is 2. The van der Waals surface area contributed by atoms with Gasteiger partial charge in [-0.25, -0.2) is 0 Å². The van der Waals surface area contributed by atoms with Gasteiger partial charge in [-0.1, -0.05) is 0 Å². The maximum absolute atomic E-state index is 12.4. The molecule has 0 spiro atoms. The molecule has 0 saturated carbocycles. The van der Waals surface area contributed by atoms with Crippen LogP contribution >= 0.6 is 0 Å². The minimum absolute atomic E-state index is 0.0173. The molecule has 1 N–H and O–H groups in total. The summed E-state index contributed by atoms with van der Waals surface area (Å²) in [5.74, 6) is 0.125. The second-order valence-corrected chi connectivity index (χ2v) is 6.91. The van der Waals surface area contributed by atoms with Crippen LogP contribution in [0.2, 0.25) is 0 Å². The third-order valence-corrected chi connectivity index (χ3v) is 5.29. The number of amides is 2. The molecule has 1 atom stereocenters. The number of methoxy groups -OCH3 is 1. The van der Waals surface area contributed by atoms with E-state index in [1.165, 1.54) is 0 Å². The first-order valence-corrected chi connectivity index (χ1v) is 9.01. The minimum Gasteiger partial charge on any atom is -0.380 e. The summed E-state index contributed by atoms with van der Waals surface area (Å²) in [6, 6.07) is 8.01. The number of hydrogen-bond acceptors (Lipinski definition) is 4. The Balaban J connectivity index is 1.51. The summed E-state index contributed by atoms with van der Waals surface area (Å²) >= 11 is 0. The van der Waals surface area contributed by atoms with E-state index < -0.39 is 0 Å². The van der Waals surface area contributed by atoms with Gasteiger partial charge >= 0.3 is 0 Å². The van der Waals surface area contributed by atoms with Crippen molar-refractivity contribution in [3.63, 3.8) is 0 Å². The van der Waals surface area contributed by atoms with Crippen molar-refractivity contribution >= 4 is 23.2 Å². The highest BCUT2D eigenvalue weighted by molar-refractivity contribution is 5.93. The summed E-state index contributed by atoms with van der Waals surface area (Å²) in [5, 5.41) is 3.01. The number of hydrogen-bond donors (Lipinski definition) is 1. The van der Waals surface area contributed by atoms with Crippen molar-refractivity contribution in [2.75, 3.05) is 43.5 Å². The molecule has 1 aromatic rings. The van der Waals surface area contributed by atoms with Crippen LogP contribution in [0.1, 0.15) is 26.2 Å². The molecule has 2 amide bonds. The number of carbonyl (C=O) groups excluding carboxylic acids is 2. The van der Waals surface area contributed by atoms with E-state index in [-0.39, 0.29) is 17.7 Å². The van der Waals surface area contributed by atoms with E-state index in [1.807, 2.05) is 29.2 Å². The molecule has 6 heteroatoms. The fourth-order valence-electron chi connectivity index (χ4n) is 3.61. The van der Waals surface area contributed by atoms with E-state index in [9.17, 15) is 9.59 Å². The van der Waals surface area contributed by atoms with Crippen molar-refractivity contribution in [3.8, 4) is 0 Å². The molecule has 0 bridgehead atoms. The molecular formula is C19H27N3O3. The van der Waals surface area contributed by atoms with Gasteiger partial charge in [0.2, 0.25) is 11.8 Å². The van der Waals surface area contributed by atoms with E-state index in [2.05, 4.69) is 10.2 Å². The number of piperidine rings is 1. The second kappa shape index (κ2) is 7.87. The molecular weight excluding hydrogens is 318 g/mol. The predicted molar refractivity (Wildman–Crippen MR) is 97.7 cm³/mol. The van der Waals surface area contributed by atoms with Gasteiger partial charge < -0.3 is 19.9 Å². The van der Waals surface area contributed by atoms with Gasteiger partial charge in [0, 0.05) is 57.5 Å². The number of carbonyl (C=O) groups is 2. The molecule has 0 aliphatic carbocycles. The van der Waals surface area contributed by atoms with Crippen LogP contribution in [0.4, 0.5) is 11.4 Å². The Hall–Kier alpha value is -2.08. The average molecular weight is 345 g/mol. The molecule has 0 radical (unpaired) electrons. The highest BCUT2D eigenvalue weighted by atomic mass is 16.5. The Morgan fingerprint density at radius 2 is 1.76 bits per heavy atom. The quantitative estimate of drug-likeness (QED) is 0.908. The van der Waals surface area contributed by atoms with Gasteiger partial charge in [-0.05, 0) is 43.5 Å². The highest BCUT2D eigenvalue weighted by Crippen LogP contribution is 2.24. The summed E-state index contributed by atoms with van der Waals surface area (Å²) in [7, 11) is 1.76. The molecule has 2 heterocycles. The Morgan fingerprint density at radius 3 is 2.32 bits per heavy atom. The van der Waals surface area contributed by atoms with Crippen molar-refractivity contribution in [1.29, 1.82) is 0 Å². The molecule has 136 valence electrons. The van der Waals surface area contributed by atoms with Gasteiger partial charge in [-0.15, -0.1) is 0 Å². The van der Waals surface area contributed by atoms with E-state index in [4.69, 9.17) is 4.74 Å². The fraction of sp³-hybridized carbons (Fsp3) is 0.579. The Labute approximate surface area is 149 Å². The number of anilines is 2. The number of nitrogens with one attached hydrogen (secondary N) is 1. The van der Waals surface area contributed by atoms with Crippen LogP contribution in [-0.4, -0.2) is 56.1 Å². The van der Waals surface area contributed by atoms with E-state index in [1.54, 1.807) is 14.0 Å². The van der Waals surface area contributed by atoms with Gasteiger partial charge in [-0.2, -0.15) is 0 Å². The van der Waals surface area contributed by atoms with Crippen LogP contribution in [0.3, 0.4) is 0 Å². The highest BCUT2D eigenvalue weighted by Gasteiger charge is 2.26. The lowest BCUT2D eigenvalue weighted by atomic mass is 9.96. The third-order valence-electron chi connectivity index (χ3n) is 5.29. The van der Waals surface area contributed by atoms with Gasteiger partial charge in [0.1, 0.15) is 0 Å². The largest absolute Gasteiger partial charge is 0.380 e. The number of rotatable bonds is 4. The normalized spacial score (nSPS) is 21.4. The van der Waals surface area contributed by atoms with Gasteiger partial charge in [0.15, 0.2) is 0 Å². The Kier molecular flexibility index (Phi) is 5.58. The summed E-state index contributed by atoms with van der Waals surface area (Å²) in [6.07, 6.45) is 2.82. The lowest BCUT2D eigenvalue weighted by Crippen LogP contribution is -2.40. The van der Waals surface area contributed by atoms with Crippen molar-refractivity contribution in [2.45, 2.75) is 32.3 Å². The first-order chi connectivity index (χ1) is 12.1. The first kappa shape index (κ1) is 17.7. The van der Waals surface area contributed by atoms with Crippen LogP contribution in [0, 0.1) is 5.92 Å². The first-order valence-electron chi connectivity index (χ1n) is 9.01. The summed E-state index contributed by atoms with van der Waals surface area (Å²) in [6.45, 7) is 4.83. The van der Waals surface area contributed by atoms with Crippen LogP contribution in [0.5, 0.6) is 0 Å². The zero-order valence-electron chi connectivity index (χ0n) is 15.0. The molecule has 6 nitrogen and oxygen atoms in total. The number of benzene rings is 1. The topological polar surface area (TPSA) is 61.9 Å². The fourth-order valence-corrected chi connectivity index (χ4v) is 3.61. The smallest absolute Gasteiger partial charge is 0.227 e. The zero-order chi connectivity index (χ0) is 17.8. The third kappa shape index (κ3) is 4.31. The maximum Gasteiger partial charge on any atom is 0.227 e. The molecule has 0 aromatic heterocycles. The van der Waals surface area contributed by atoms with E-state index >= 15 is 0 Å². The molecule has 1 unspecified atom stereocenters. The lowest BCUT2D eigenvalue weighted by molar-refractivity contribution is -0.132. The summed E-state index contributed by atoms with van der Waals surface area (Å²) < 4.78 is 5.41. The van der Waals surface area contributed by atoms with Crippen molar-refractivity contribution in [2.24, 2.45) is 5.92 Å². The van der Waals surface area contributed by atoms with Gasteiger partial charge in [0.05, 0.1) is 6.10 Å². The summed E-state index contributed by atoms with van der Waals surface area (Å²) in [5.41, 5.74) is 1.98.